The summed E-state index contributed by atoms with van der Waals surface area (Å²) in [5.74, 6) is -2.49. The highest BCUT2D eigenvalue weighted by atomic mass is 16.5. The summed E-state index contributed by atoms with van der Waals surface area (Å²) in [6.07, 6.45) is 4.78. The number of fused-ring (bicyclic) bond motifs is 2. The summed E-state index contributed by atoms with van der Waals surface area (Å²) in [5, 5.41) is 2.86. The minimum Gasteiger partial charge on any atom is -0.467 e. The highest BCUT2D eigenvalue weighted by Crippen LogP contribution is 2.60. The van der Waals surface area contributed by atoms with Gasteiger partial charge in [-0.1, -0.05) is 25.1 Å². The molecule has 1 N–H and O–H groups in total. The number of Topliss-reactive ketones (excluding diaryl/α,β-unsaturated/α-hetero) is 1. The van der Waals surface area contributed by atoms with Crippen molar-refractivity contribution in [3.63, 3.8) is 0 Å². The van der Waals surface area contributed by atoms with Crippen molar-refractivity contribution in [1.82, 2.24) is 4.90 Å². The van der Waals surface area contributed by atoms with E-state index >= 15 is 0 Å². The third kappa shape index (κ3) is 3.12. The monoisotopic (exact) mass is 490 g/mol. The Morgan fingerprint density at radius 1 is 1.22 bits per heavy atom. The largest absolute Gasteiger partial charge is 0.467 e. The predicted molar refractivity (Wildman–Crippen MR) is 126 cm³/mol. The second kappa shape index (κ2) is 8.16. The molecule has 186 valence electrons. The normalized spacial score (nSPS) is 34.0. The minimum absolute atomic E-state index is 0.0320. The van der Waals surface area contributed by atoms with Crippen LogP contribution in [0.15, 0.2) is 59.2 Å². The van der Waals surface area contributed by atoms with Gasteiger partial charge in [-0.3, -0.25) is 14.4 Å². The van der Waals surface area contributed by atoms with E-state index in [-0.39, 0.29) is 30.6 Å². The number of piperidine rings is 1. The SMILES string of the molecule is CCOC(=O)c1cccc(NC(=O)[C@@H]2[C@H]3C=C[C@]4(O3)[C@H]2C(=O)N2[C@@H](c3ccco3)CC(=O)[C@H](C)[C@@H]24)c1. The van der Waals surface area contributed by atoms with Crippen LogP contribution in [0.5, 0.6) is 0 Å². The second-order valence-corrected chi connectivity index (χ2v) is 9.77. The Bertz CT molecular complexity index is 1280. The van der Waals surface area contributed by atoms with Gasteiger partial charge in [0.15, 0.2) is 0 Å². The van der Waals surface area contributed by atoms with E-state index in [1.165, 1.54) is 6.26 Å². The lowest BCUT2D eigenvalue weighted by Crippen LogP contribution is -2.55. The van der Waals surface area contributed by atoms with Crippen molar-refractivity contribution in [2.24, 2.45) is 17.8 Å². The molecule has 3 fully saturated rings. The Labute approximate surface area is 207 Å². The van der Waals surface area contributed by atoms with Crippen molar-refractivity contribution in [2.45, 2.75) is 44.1 Å². The fourth-order valence-corrected chi connectivity index (χ4v) is 6.43. The van der Waals surface area contributed by atoms with Crippen molar-refractivity contribution in [3.8, 4) is 0 Å². The molecule has 1 spiro atoms. The second-order valence-electron chi connectivity index (χ2n) is 9.77. The number of ether oxygens (including phenoxy) is 2. The van der Waals surface area contributed by atoms with Crippen LogP contribution in [0.2, 0.25) is 0 Å². The maximum atomic E-state index is 14.0. The highest BCUT2D eigenvalue weighted by Gasteiger charge is 2.74. The quantitative estimate of drug-likeness (QED) is 0.506. The molecule has 1 aromatic carbocycles. The first kappa shape index (κ1) is 22.7. The van der Waals surface area contributed by atoms with Crippen LogP contribution >= 0.6 is 0 Å². The maximum Gasteiger partial charge on any atom is 0.338 e. The van der Waals surface area contributed by atoms with E-state index in [1.807, 2.05) is 19.1 Å². The van der Waals surface area contributed by atoms with Gasteiger partial charge in [0.25, 0.3) is 0 Å². The molecule has 0 aliphatic carbocycles. The van der Waals surface area contributed by atoms with Crippen LogP contribution in [0.1, 0.15) is 42.4 Å². The number of benzene rings is 1. The summed E-state index contributed by atoms with van der Waals surface area (Å²) in [5.41, 5.74) is -0.318. The van der Waals surface area contributed by atoms with Gasteiger partial charge in [0.1, 0.15) is 17.1 Å². The van der Waals surface area contributed by atoms with Gasteiger partial charge in [0, 0.05) is 18.0 Å². The van der Waals surface area contributed by atoms with E-state index in [0.29, 0.717) is 17.0 Å². The van der Waals surface area contributed by atoms with Gasteiger partial charge in [0.05, 0.1) is 48.5 Å². The molecule has 1 aromatic heterocycles. The van der Waals surface area contributed by atoms with Crippen molar-refractivity contribution >= 4 is 29.3 Å². The minimum atomic E-state index is -1.06. The van der Waals surface area contributed by atoms with Crippen LogP contribution in [0.3, 0.4) is 0 Å². The van der Waals surface area contributed by atoms with E-state index in [4.69, 9.17) is 13.9 Å². The van der Waals surface area contributed by atoms with E-state index in [2.05, 4.69) is 5.32 Å². The molecule has 2 amide bonds. The number of hydrogen-bond acceptors (Lipinski definition) is 7. The molecule has 9 heteroatoms. The molecule has 4 aliphatic heterocycles. The molecule has 7 atom stereocenters. The number of rotatable bonds is 5. The number of ketones is 1. The standard InChI is InChI=1S/C27H26N2O7/c1-3-34-26(33)15-6-4-7-16(12-15)28-24(31)21-20-9-10-27(36-20)22(21)25(32)29-17(19-8-5-11-35-19)13-18(30)14(2)23(27)29/h4-12,14,17,20-23H,3,13H2,1-2H3,(H,28,31)/t14-,17+,20+,21+,22+,23+,27-/m0/s1. The predicted octanol–water partition coefficient (Wildman–Crippen LogP) is 2.90. The third-order valence-electron chi connectivity index (χ3n) is 7.90. The zero-order valence-corrected chi connectivity index (χ0v) is 19.9. The molecular formula is C27H26N2O7. The first-order valence-corrected chi connectivity index (χ1v) is 12.2. The number of nitrogens with one attached hydrogen (secondary N) is 1. The average molecular weight is 491 g/mol. The van der Waals surface area contributed by atoms with E-state index in [9.17, 15) is 19.2 Å². The fraction of sp³-hybridized carbons (Fsp3) is 0.407. The molecule has 6 rings (SSSR count). The molecule has 0 radical (unpaired) electrons. The van der Waals surface area contributed by atoms with Crippen molar-refractivity contribution < 1.29 is 33.1 Å². The van der Waals surface area contributed by atoms with E-state index in [0.717, 1.165) is 0 Å². The lowest BCUT2D eigenvalue weighted by molar-refractivity contribution is -0.147. The van der Waals surface area contributed by atoms with Crippen LogP contribution in [0, 0.1) is 17.8 Å². The molecule has 2 bridgehead atoms. The zero-order chi connectivity index (χ0) is 25.2. The summed E-state index contributed by atoms with van der Waals surface area (Å²) in [7, 11) is 0. The number of carbonyl (C=O) groups is 4. The first-order valence-electron chi connectivity index (χ1n) is 12.2. The van der Waals surface area contributed by atoms with Gasteiger partial charge < -0.3 is 24.1 Å². The molecule has 9 nitrogen and oxygen atoms in total. The van der Waals surface area contributed by atoms with Crippen LogP contribution in [0.25, 0.3) is 0 Å². The van der Waals surface area contributed by atoms with Gasteiger partial charge >= 0.3 is 5.97 Å². The van der Waals surface area contributed by atoms with Gasteiger partial charge in [-0.05, 0) is 37.3 Å². The molecule has 0 unspecified atom stereocenters. The van der Waals surface area contributed by atoms with Crippen LogP contribution in [-0.2, 0) is 23.9 Å². The van der Waals surface area contributed by atoms with Crippen LogP contribution in [-0.4, -0.2) is 52.8 Å². The Hall–Kier alpha value is -3.72. The van der Waals surface area contributed by atoms with Gasteiger partial charge in [-0.25, -0.2) is 4.79 Å². The Morgan fingerprint density at radius 3 is 2.81 bits per heavy atom. The highest BCUT2D eigenvalue weighted by molar-refractivity contribution is 6.01. The molecular weight excluding hydrogens is 464 g/mol. The molecule has 36 heavy (non-hydrogen) atoms. The Balaban J connectivity index is 1.32. The lowest BCUT2D eigenvalue weighted by atomic mass is 9.70. The topological polar surface area (TPSA) is 115 Å². The number of esters is 1. The van der Waals surface area contributed by atoms with Crippen molar-refractivity contribution in [2.75, 3.05) is 11.9 Å². The zero-order valence-electron chi connectivity index (χ0n) is 19.9. The summed E-state index contributed by atoms with van der Waals surface area (Å²) in [6.45, 7) is 3.78. The molecule has 2 aromatic rings. The third-order valence-corrected chi connectivity index (χ3v) is 7.90. The Kier molecular flexibility index (Phi) is 5.15. The number of amides is 2. The summed E-state index contributed by atoms with van der Waals surface area (Å²) in [6, 6.07) is 8.91. The summed E-state index contributed by atoms with van der Waals surface area (Å²) >= 11 is 0. The number of hydrogen-bond donors (Lipinski definition) is 1. The summed E-state index contributed by atoms with van der Waals surface area (Å²) < 4.78 is 17.0. The average Bonchev–Trinajstić information content (AvgIpc) is 3.64. The summed E-state index contributed by atoms with van der Waals surface area (Å²) in [4.78, 5) is 54.4. The van der Waals surface area contributed by atoms with Crippen molar-refractivity contribution in [1.29, 1.82) is 0 Å². The van der Waals surface area contributed by atoms with Gasteiger partial charge in [-0.2, -0.15) is 0 Å². The van der Waals surface area contributed by atoms with Crippen molar-refractivity contribution in [3.05, 3.63) is 66.1 Å². The Morgan fingerprint density at radius 2 is 2.06 bits per heavy atom. The smallest absolute Gasteiger partial charge is 0.338 e. The number of anilines is 1. The van der Waals surface area contributed by atoms with E-state index in [1.54, 1.807) is 48.2 Å². The number of furan rings is 1. The molecule has 0 saturated carbocycles. The van der Waals surface area contributed by atoms with Crippen LogP contribution in [0.4, 0.5) is 5.69 Å². The lowest BCUT2D eigenvalue weighted by Gasteiger charge is -2.43. The number of nitrogens with zero attached hydrogens (tertiary/aromatic N) is 1. The molecule has 4 aliphatic rings. The van der Waals surface area contributed by atoms with Crippen LogP contribution < -0.4 is 5.32 Å². The first-order chi connectivity index (χ1) is 17.4. The molecule has 3 saturated heterocycles. The maximum absolute atomic E-state index is 14.0. The molecule has 5 heterocycles. The van der Waals surface area contributed by atoms with E-state index < -0.39 is 47.5 Å². The number of carbonyl (C=O) groups excluding carboxylic acids is 4. The van der Waals surface area contributed by atoms with Gasteiger partial charge in [0.2, 0.25) is 11.8 Å². The fourth-order valence-electron chi connectivity index (χ4n) is 6.43. The van der Waals surface area contributed by atoms with Gasteiger partial charge in [-0.15, -0.1) is 0 Å².